The van der Waals surface area contributed by atoms with Crippen LogP contribution in [0.1, 0.15) is 13.8 Å². The highest BCUT2D eigenvalue weighted by molar-refractivity contribution is 14.1. The molecule has 0 aromatic heterocycles. The van der Waals surface area contributed by atoms with E-state index < -0.39 is 0 Å². The van der Waals surface area contributed by atoms with Gasteiger partial charge in [-0.25, -0.2) is 0 Å². The van der Waals surface area contributed by atoms with Crippen molar-refractivity contribution >= 4 is 34.0 Å². The van der Waals surface area contributed by atoms with E-state index in [9.17, 15) is 10.1 Å². The number of nitro groups is 1. The number of hydrogen-bond donors (Lipinski definition) is 1. The van der Waals surface area contributed by atoms with E-state index in [4.69, 9.17) is 0 Å². The van der Waals surface area contributed by atoms with Crippen molar-refractivity contribution in [3.63, 3.8) is 0 Å². The number of nitrogens with one attached hydrogen (secondary N) is 1. The minimum atomic E-state index is -0.381. The second-order valence-electron chi connectivity index (χ2n) is 3.70. The van der Waals surface area contributed by atoms with Crippen LogP contribution in [-0.2, 0) is 0 Å². The van der Waals surface area contributed by atoms with Gasteiger partial charge in [0.25, 0.3) is 5.69 Å². The monoisotopic (exact) mass is 320 g/mol. The Hall–Kier alpha value is -0.850. The Balaban J connectivity index is 2.79. The van der Waals surface area contributed by atoms with Crippen LogP contribution in [0.4, 0.5) is 11.4 Å². The maximum Gasteiger partial charge on any atom is 0.270 e. The SMILES string of the molecule is CC(C)CNc1ccc([N+](=O)[O-])cc1I. The van der Waals surface area contributed by atoms with E-state index in [1.807, 2.05) is 0 Å². The number of nitro benzene ring substituents is 1. The highest BCUT2D eigenvalue weighted by atomic mass is 127. The summed E-state index contributed by atoms with van der Waals surface area (Å²) in [7, 11) is 0. The first-order valence-electron chi connectivity index (χ1n) is 4.68. The molecular weight excluding hydrogens is 307 g/mol. The van der Waals surface area contributed by atoms with Crippen molar-refractivity contribution in [3.8, 4) is 0 Å². The predicted molar refractivity (Wildman–Crippen MR) is 69.1 cm³/mol. The molecule has 1 aromatic rings. The maximum atomic E-state index is 10.5. The van der Waals surface area contributed by atoms with Crippen LogP contribution in [0.3, 0.4) is 0 Å². The van der Waals surface area contributed by atoms with Gasteiger partial charge in [-0.2, -0.15) is 0 Å². The molecule has 0 aliphatic rings. The summed E-state index contributed by atoms with van der Waals surface area (Å²) in [5, 5.41) is 13.8. The molecule has 4 nitrogen and oxygen atoms in total. The molecule has 1 rings (SSSR count). The third kappa shape index (κ3) is 3.65. The second-order valence-corrected chi connectivity index (χ2v) is 4.86. The fourth-order valence-corrected chi connectivity index (χ4v) is 1.76. The molecule has 0 fully saturated rings. The third-order valence-electron chi connectivity index (χ3n) is 1.86. The van der Waals surface area contributed by atoms with Gasteiger partial charge in [-0.1, -0.05) is 13.8 Å². The minimum Gasteiger partial charge on any atom is -0.384 e. The molecule has 0 heterocycles. The van der Waals surface area contributed by atoms with Crippen molar-refractivity contribution in [2.24, 2.45) is 5.92 Å². The predicted octanol–water partition coefficient (Wildman–Crippen LogP) is 3.27. The summed E-state index contributed by atoms with van der Waals surface area (Å²) in [6.45, 7) is 5.10. The highest BCUT2D eigenvalue weighted by Crippen LogP contribution is 2.23. The molecule has 0 bridgehead atoms. The molecule has 0 saturated heterocycles. The number of non-ortho nitro benzene ring substituents is 1. The molecule has 0 aliphatic carbocycles. The number of nitrogens with zero attached hydrogens (tertiary/aromatic N) is 1. The third-order valence-corrected chi connectivity index (χ3v) is 2.76. The largest absolute Gasteiger partial charge is 0.384 e. The smallest absolute Gasteiger partial charge is 0.270 e. The van der Waals surface area contributed by atoms with E-state index in [2.05, 4.69) is 41.8 Å². The Labute approximate surface area is 102 Å². The van der Waals surface area contributed by atoms with Crippen molar-refractivity contribution in [1.82, 2.24) is 0 Å². The van der Waals surface area contributed by atoms with Crippen molar-refractivity contribution in [2.45, 2.75) is 13.8 Å². The van der Waals surface area contributed by atoms with E-state index in [1.54, 1.807) is 12.1 Å². The van der Waals surface area contributed by atoms with Crippen LogP contribution in [0, 0.1) is 19.6 Å². The summed E-state index contributed by atoms with van der Waals surface area (Å²) in [6.07, 6.45) is 0. The van der Waals surface area contributed by atoms with Gasteiger partial charge in [0.15, 0.2) is 0 Å². The first-order valence-corrected chi connectivity index (χ1v) is 5.76. The molecule has 0 saturated carbocycles. The van der Waals surface area contributed by atoms with Crippen LogP contribution in [-0.4, -0.2) is 11.5 Å². The minimum absolute atomic E-state index is 0.134. The Morgan fingerprint density at radius 1 is 1.53 bits per heavy atom. The summed E-state index contributed by atoms with van der Waals surface area (Å²) in [6, 6.07) is 4.84. The zero-order valence-corrected chi connectivity index (χ0v) is 10.8. The average Bonchev–Trinajstić information content (AvgIpc) is 2.15. The summed E-state index contributed by atoms with van der Waals surface area (Å²) in [4.78, 5) is 10.1. The number of anilines is 1. The Morgan fingerprint density at radius 3 is 2.67 bits per heavy atom. The van der Waals surface area contributed by atoms with Gasteiger partial charge in [-0.15, -0.1) is 0 Å². The lowest BCUT2D eigenvalue weighted by Gasteiger charge is -2.10. The van der Waals surface area contributed by atoms with Crippen molar-refractivity contribution in [1.29, 1.82) is 0 Å². The van der Waals surface area contributed by atoms with Crippen LogP contribution >= 0.6 is 22.6 Å². The molecule has 1 aromatic carbocycles. The molecule has 0 spiro atoms. The lowest BCUT2D eigenvalue weighted by molar-refractivity contribution is -0.384. The first kappa shape index (κ1) is 12.2. The lowest BCUT2D eigenvalue weighted by Crippen LogP contribution is -2.08. The topological polar surface area (TPSA) is 55.2 Å². The Bertz CT molecular complexity index is 366. The summed E-state index contributed by atoms with van der Waals surface area (Å²) < 4.78 is 0.877. The Morgan fingerprint density at radius 2 is 2.20 bits per heavy atom. The maximum absolute atomic E-state index is 10.5. The number of halogens is 1. The zero-order chi connectivity index (χ0) is 11.4. The lowest BCUT2D eigenvalue weighted by atomic mass is 10.2. The van der Waals surface area contributed by atoms with Gasteiger partial charge in [0.05, 0.1) is 4.92 Å². The van der Waals surface area contributed by atoms with Crippen LogP contribution in [0.5, 0.6) is 0 Å². The number of hydrogen-bond acceptors (Lipinski definition) is 3. The summed E-state index contributed by atoms with van der Waals surface area (Å²) >= 11 is 2.10. The highest BCUT2D eigenvalue weighted by Gasteiger charge is 2.08. The van der Waals surface area contributed by atoms with Gasteiger partial charge in [0.2, 0.25) is 0 Å². The molecule has 5 heteroatoms. The van der Waals surface area contributed by atoms with Gasteiger partial charge in [0.1, 0.15) is 0 Å². The number of benzene rings is 1. The molecule has 0 aliphatic heterocycles. The molecule has 0 amide bonds. The molecule has 82 valence electrons. The van der Waals surface area contributed by atoms with Gasteiger partial charge >= 0.3 is 0 Å². The quantitative estimate of drug-likeness (QED) is 0.526. The van der Waals surface area contributed by atoms with Gasteiger partial charge < -0.3 is 5.32 Å². The Kier molecular flexibility index (Phi) is 4.31. The van der Waals surface area contributed by atoms with Crippen LogP contribution in [0.25, 0.3) is 0 Å². The average molecular weight is 320 g/mol. The van der Waals surface area contributed by atoms with E-state index >= 15 is 0 Å². The molecular formula is C10H13IN2O2. The van der Waals surface area contributed by atoms with E-state index in [-0.39, 0.29) is 10.6 Å². The fourth-order valence-electron chi connectivity index (χ4n) is 1.08. The van der Waals surface area contributed by atoms with Crippen molar-refractivity contribution in [3.05, 3.63) is 31.9 Å². The van der Waals surface area contributed by atoms with Crippen molar-refractivity contribution < 1.29 is 4.92 Å². The molecule has 0 atom stereocenters. The van der Waals surface area contributed by atoms with Crippen LogP contribution in [0.2, 0.25) is 0 Å². The normalized spacial score (nSPS) is 10.4. The molecule has 0 unspecified atom stereocenters. The molecule has 15 heavy (non-hydrogen) atoms. The van der Waals surface area contributed by atoms with E-state index in [0.717, 1.165) is 15.8 Å². The fraction of sp³-hybridized carbons (Fsp3) is 0.400. The van der Waals surface area contributed by atoms with Gasteiger partial charge in [-0.05, 0) is 34.6 Å². The summed E-state index contributed by atoms with van der Waals surface area (Å²) in [5.41, 5.74) is 1.09. The van der Waals surface area contributed by atoms with E-state index in [0.29, 0.717) is 5.92 Å². The van der Waals surface area contributed by atoms with Gasteiger partial charge in [-0.3, -0.25) is 10.1 Å². The van der Waals surface area contributed by atoms with Crippen LogP contribution in [0.15, 0.2) is 18.2 Å². The first-order chi connectivity index (χ1) is 7.00. The summed E-state index contributed by atoms with van der Waals surface area (Å²) in [5.74, 6) is 0.552. The van der Waals surface area contributed by atoms with Crippen molar-refractivity contribution in [2.75, 3.05) is 11.9 Å². The van der Waals surface area contributed by atoms with Gasteiger partial charge in [0, 0.05) is 27.9 Å². The standard InChI is InChI=1S/C10H13IN2O2/c1-7(2)6-12-10-4-3-8(13(14)15)5-9(10)11/h3-5,7,12H,6H2,1-2H3. The molecule has 0 radical (unpaired) electrons. The van der Waals surface area contributed by atoms with E-state index in [1.165, 1.54) is 6.07 Å². The number of rotatable bonds is 4. The van der Waals surface area contributed by atoms with Crippen LogP contribution < -0.4 is 5.32 Å². The molecule has 1 N–H and O–H groups in total. The zero-order valence-electron chi connectivity index (χ0n) is 8.66. The second kappa shape index (κ2) is 5.29.